The second-order valence-corrected chi connectivity index (χ2v) is 7.08. The van der Waals surface area contributed by atoms with Gasteiger partial charge in [-0.3, -0.25) is 20.2 Å². The third-order valence-corrected chi connectivity index (χ3v) is 4.24. The molecule has 2 aromatic rings. The topological polar surface area (TPSA) is 130 Å². The van der Waals surface area contributed by atoms with Gasteiger partial charge in [0.25, 0.3) is 0 Å². The monoisotopic (exact) mass is 372 g/mol. The van der Waals surface area contributed by atoms with Gasteiger partial charge < -0.3 is 4.74 Å². The number of rotatable bonds is 5. The third kappa shape index (κ3) is 3.78. The normalized spacial score (nSPS) is 11.1. The van der Waals surface area contributed by atoms with Crippen LogP contribution in [0, 0.1) is 20.2 Å². The number of hydrogen-bond acceptors (Lipinski definition) is 7. The summed E-state index contributed by atoms with van der Waals surface area (Å²) in [6, 6.07) is 6.54. The summed E-state index contributed by atoms with van der Waals surface area (Å²) in [6.45, 7) is 0. The van der Waals surface area contributed by atoms with Crippen LogP contribution in [0.2, 0.25) is 5.02 Å². The summed E-state index contributed by atoms with van der Waals surface area (Å²) in [5.41, 5.74) is -1.12. The molecule has 0 spiro atoms. The smallest absolute Gasteiger partial charge is 0.313 e. The zero-order valence-corrected chi connectivity index (χ0v) is 13.6. The Bertz CT molecular complexity index is 943. The molecule has 0 bridgehead atoms. The van der Waals surface area contributed by atoms with Crippen LogP contribution < -0.4 is 4.74 Å². The molecule has 0 aliphatic rings. The number of nitro benzene ring substituents is 2. The van der Waals surface area contributed by atoms with Crippen LogP contribution in [0.3, 0.4) is 0 Å². The molecule has 0 atom stereocenters. The zero-order valence-electron chi connectivity index (χ0n) is 12.0. The maximum absolute atomic E-state index is 11.5. The summed E-state index contributed by atoms with van der Waals surface area (Å²) in [7, 11) is -3.66. The van der Waals surface area contributed by atoms with E-state index < -0.39 is 31.1 Å². The number of nitrogens with zero attached hydrogens (tertiary/aromatic N) is 2. The molecule has 0 saturated heterocycles. The van der Waals surface area contributed by atoms with Crippen molar-refractivity contribution in [3.05, 3.63) is 61.6 Å². The van der Waals surface area contributed by atoms with Gasteiger partial charge in [0.15, 0.2) is 9.84 Å². The molecule has 126 valence electrons. The lowest BCUT2D eigenvalue weighted by Gasteiger charge is -2.08. The van der Waals surface area contributed by atoms with Crippen LogP contribution >= 0.6 is 11.6 Å². The fraction of sp³-hybridized carbons (Fsp3) is 0.0769. The van der Waals surface area contributed by atoms with Gasteiger partial charge in [0, 0.05) is 23.4 Å². The van der Waals surface area contributed by atoms with Gasteiger partial charge >= 0.3 is 11.4 Å². The van der Waals surface area contributed by atoms with Gasteiger partial charge in [-0.15, -0.1) is 0 Å². The highest BCUT2D eigenvalue weighted by Crippen LogP contribution is 2.38. The van der Waals surface area contributed by atoms with Crippen LogP contribution in [-0.4, -0.2) is 24.5 Å². The highest BCUT2D eigenvalue weighted by molar-refractivity contribution is 7.90. The maximum atomic E-state index is 11.5. The molecule has 24 heavy (non-hydrogen) atoms. The number of nitro groups is 2. The first-order valence-corrected chi connectivity index (χ1v) is 8.47. The van der Waals surface area contributed by atoms with Crippen molar-refractivity contribution in [1.29, 1.82) is 0 Å². The number of sulfone groups is 1. The van der Waals surface area contributed by atoms with Crippen LogP contribution in [-0.2, 0) is 9.84 Å². The molecule has 2 rings (SSSR count). The van der Waals surface area contributed by atoms with E-state index in [0.29, 0.717) is 0 Å². The molecule has 0 amide bonds. The fourth-order valence-electron chi connectivity index (χ4n) is 1.79. The van der Waals surface area contributed by atoms with E-state index in [1.54, 1.807) is 0 Å². The first-order chi connectivity index (χ1) is 11.1. The van der Waals surface area contributed by atoms with Gasteiger partial charge in [-0.1, -0.05) is 11.6 Å². The molecule has 0 aliphatic heterocycles. The van der Waals surface area contributed by atoms with Crippen molar-refractivity contribution < 1.29 is 23.0 Å². The summed E-state index contributed by atoms with van der Waals surface area (Å²) in [5, 5.41) is 22.3. The van der Waals surface area contributed by atoms with Crippen molar-refractivity contribution in [2.45, 2.75) is 4.90 Å². The van der Waals surface area contributed by atoms with Gasteiger partial charge in [0.1, 0.15) is 0 Å². The molecule has 0 N–H and O–H groups in total. The largest absolute Gasteiger partial charge is 0.443 e. The van der Waals surface area contributed by atoms with E-state index >= 15 is 0 Å². The Balaban J connectivity index is 2.55. The predicted molar refractivity (Wildman–Crippen MR) is 84.4 cm³/mol. The van der Waals surface area contributed by atoms with Crippen molar-refractivity contribution in [3.63, 3.8) is 0 Å². The van der Waals surface area contributed by atoms with E-state index in [9.17, 15) is 28.6 Å². The Morgan fingerprint density at radius 2 is 1.46 bits per heavy atom. The van der Waals surface area contributed by atoms with Crippen molar-refractivity contribution in [2.24, 2.45) is 0 Å². The summed E-state index contributed by atoms with van der Waals surface area (Å²) in [5.74, 6) is -0.600. The van der Waals surface area contributed by atoms with Crippen LogP contribution in [0.25, 0.3) is 0 Å². The highest BCUT2D eigenvalue weighted by atomic mass is 35.5. The van der Waals surface area contributed by atoms with Gasteiger partial charge in [0.2, 0.25) is 11.5 Å². The second-order valence-electron chi connectivity index (χ2n) is 4.63. The number of hydrogen-bond donors (Lipinski definition) is 0. The Morgan fingerprint density at radius 3 is 1.96 bits per heavy atom. The first kappa shape index (κ1) is 17.6. The van der Waals surface area contributed by atoms with E-state index in [1.165, 1.54) is 12.1 Å². The molecule has 11 heteroatoms. The summed E-state index contributed by atoms with van der Waals surface area (Å²) in [6.07, 6.45) is 0.899. The summed E-state index contributed by atoms with van der Waals surface area (Å²) < 4.78 is 28.2. The molecule has 0 heterocycles. The Kier molecular flexibility index (Phi) is 4.71. The lowest BCUT2D eigenvalue weighted by Crippen LogP contribution is -2.01. The van der Waals surface area contributed by atoms with E-state index in [4.69, 9.17) is 16.3 Å². The average Bonchev–Trinajstić information content (AvgIpc) is 2.47. The van der Waals surface area contributed by atoms with E-state index in [-0.39, 0.29) is 21.4 Å². The van der Waals surface area contributed by atoms with Crippen LogP contribution in [0.1, 0.15) is 0 Å². The Morgan fingerprint density at radius 1 is 0.958 bits per heavy atom. The average molecular weight is 373 g/mol. The fourth-order valence-corrected chi connectivity index (χ4v) is 2.60. The van der Waals surface area contributed by atoms with Crippen molar-refractivity contribution in [1.82, 2.24) is 0 Å². The van der Waals surface area contributed by atoms with E-state index in [1.807, 2.05) is 0 Å². The minimum atomic E-state index is -3.66. The van der Waals surface area contributed by atoms with E-state index in [0.717, 1.165) is 30.5 Å². The quantitative estimate of drug-likeness (QED) is 0.580. The molecule has 9 nitrogen and oxygen atoms in total. The molecule has 2 aromatic carbocycles. The first-order valence-electron chi connectivity index (χ1n) is 6.20. The molecule has 0 aliphatic carbocycles. The Hall–Kier alpha value is -2.72. The maximum Gasteiger partial charge on any atom is 0.313 e. The van der Waals surface area contributed by atoms with Gasteiger partial charge in [-0.05, 0) is 24.3 Å². The summed E-state index contributed by atoms with van der Waals surface area (Å²) in [4.78, 5) is 20.3. The molecular formula is C13H9ClN2O7S. The van der Waals surface area contributed by atoms with Gasteiger partial charge in [-0.25, -0.2) is 8.42 Å². The minimum absolute atomic E-state index is 0.0935. The molecule has 0 fully saturated rings. The van der Waals surface area contributed by atoms with Crippen LogP contribution in [0.5, 0.6) is 11.5 Å². The lowest BCUT2D eigenvalue weighted by molar-refractivity contribution is -0.387. The minimum Gasteiger partial charge on any atom is -0.443 e. The second kappa shape index (κ2) is 6.42. The van der Waals surface area contributed by atoms with Gasteiger partial charge in [0.05, 0.1) is 14.7 Å². The van der Waals surface area contributed by atoms with Crippen molar-refractivity contribution >= 4 is 32.8 Å². The Labute approximate surface area is 140 Å². The SMILES string of the molecule is CS(=O)(=O)c1ccc(Oc2ccc(Cl)cc2[N+](=O)[O-])c([N+](=O)[O-])c1. The van der Waals surface area contributed by atoms with Crippen molar-refractivity contribution in [2.75, 3.05) is 6.26 Å². The highest BCUT2D eigenvalue weighted by Gasteiger charge is 2.23. The molecule has 0 radical (unpaired) electrons. The zero-order chi connectivity index (χ0) is 18.1. The standard InChI is InChI=1S/C13H9ClN2O7S/c1-24(21,22)9-3-5-13(11(7-9)16(19)20)23-12-4-2-8(14)6-10(12)15(17)18/h2-7H,1H3. The van der Waals surface area contributed by atoms with Crippen LogP contribution in [0.4, 0.5) is 11.4 Å². The summed E-state index contributed by atoms with van der Waals surface area (Å²) >= 11 is 5.68. The van der Waals surface area contributed by atoms with Crippen molar-refractivity contribution in [3.8, 4) is 11.5 Å². The molecule has 0 saturated carbocycles. The lowest BCUT2D eigenvalue weighted by atomic mass is 10.2. The van der Waals surface area contributed by atoms with Gasteiger partial charge in [-0.2, -0.15) is 0 Å². The number of benzene rings is 2. The molecule has 0 unspecified atom stereocenters. The molecular weight excluding hydrogens is 364 g/mol. The number of ether oxygens (including phenoxy) is 1. The molecule has 0 aromatic heterocycles. The predicted octanol–water partition coefficient (Wildman–Crippen LogP) is 3.35. The number of halogens is 1. The van der Waals surface area contributed by atoms with E-state index in [2.05, 4.69) is 0 Å². The van der Waals surface area contributed by atoms with Crippen LogP contribution in [0.15, 0.2) is 41.3 Å². The third-order valence-electron chi connectivity index (χ3n) is 2.89.